The number of rotatable bonds is 2. The van der Waals surface area contributed by atoms with Crippen LogP contribution in [0.1, 0.15) is 46.3 Å². The minimum Gasteiger partial charge on any atom is -0.222 e. The molecule has 0 fully saturated rings. The Morgan fingerprint density at radius 3 is 1.88 bits per heavy atom. The third-order valence-electron chi connectivity index (χ3n) is 6.87. The van der Waals surface area contributed by atoms with Crippen LogP contribution in [0.4, 0.5) is 0 Å². The van der Waals surface area contributed by atoms with Gasteiger partial charge in [0.2, 0.25) is 0 Å². The fraction of sp³-hybridized carbons (Fsp3) is 0.148. The molecule has 3 heterocycles. The molecule has 3 aromatic carbocycles. The fourth-order valence-electron chi connectivity index (χ4n) is 5.78. The average Bonchev–Trinajstić information content (AvgIpc) is 2.84. The molecule has 7 heteroatoms. The molecule has 2 unspecified atom stereocenters. The number of nitrogens with zero attached hydrogens (tertiary/aromatic N) is 1. The van der Waals surface area contributed by atoms with Gasteiger partial charge in [-0.15, -0.1) is 10.2 Å². The first-order valence-corrected chi connectivity index (χ1v) is 12.8. The van der Waals surface area contributed by atoms with Gasteiger partial charge < -0.3 is 0 Å². The second-order valence-corrected chi connectivity index (χ2v) is 10.1. The average molecular weight is 539 g/mol. The van der Waals surface area contributed by atoms with Gasteiger partial charge in [0, 0.05) is 34.0 Å². The van der Waals surface area contributed by atoms with Gasteiger partial charge in [-0.05, 0) is 22.8 Å². The number of pyridine rings is 1. The molecule has 0 saturated heterocycles. The van der Waals surface area contributed by atoms with Crippen LogP contribution in [0.5, 0.6) is 0 Å². The zero-order valence-corrected chi connectivity index (χ0v) is 20.4. The van der Waals surface area contributed by atoms with Crippen molar-refractivity contribution < 1.29 is 33.4 Å². The molecule has 1 aromatic heterocycles. The van der Waals surface area contributed by atoms with Gasteiger partial charge in [-0.3, -0.25) is 0 Å². The largest absolute Gasteiger partial charge is 0.222 e. The zero-order valence-electron chi connectivity index (χ0n) is 18.0. The standard InChI is InChI=1S/C27H21BrN.ClHO4/c28-22-15-9-14-21-24-18-27(19-10-3-1-4-11-19,20-12-5-2-6-13-20)26(25(21)22)23-16-7-8-17-29(23)24;2-1(3,4)5/h1-17,24,26H,18H2;(H,2,3,4,5)/q+1;/p-1. The Bertz CT molecular complexity index is 1270. The third kappa shape index (κ3) is 3.96. The highest BCUT2D eigenvalue weighted by Crippen LogP contribution is 2.60. The summed E-state index contributed by atoms with van der Waals surface area (Å²) in [6.45, 7) is 0. The van der Waals surface area contributed by atoms with Crippen molar-refractivity contribution in [3.05, 3.63) is 136 Å². The fourth-order valence-corrected chi connectivity index (χ4v) is 6.39. The van der Waals surface area contributed by atoms with E-state index < -0.39 is 10.2 Å². The molecule has 4 aromatic rings. The molecule has 2 bridgehead atoms. The first kappa shape index (κ1) is 23.2. The summed E-state index contributed by atoms with van der Waals surface area (Å²) < 4.78 is 37.7. The van der Waals surface area contributed by atoms with Crippen LogP contribution in [0.15, 0.2) is 108 Å². The SMILES string of the molecule is Brc1cccc2c1C1c3cccc[n+]3C2CC1(c1ccccc1)c1ccccc1.[O-][Cl+3]([O-])([O-])[O-]. The predicted molar refractivity (Wildman–Crippen MR) is 119 cm³/mol. The summed E-state index contributed by atoms with van der Waals surface area (Å²) in [5, 5.41) is 0. The van der Waals surface area contributed by atoms with Gasteiger partial charge in [-0.1, -0.05) is 94.8 Å². The Labute approximate surface area is 208 Å². The topological polar surface area (TPSA) is 96.1 Å². The van der Waals surface area contributed by atoms with Gasteiger partial charge in [-0.25, -0.2) is 18.6 Å². The molecule has 1 aliphatic carbocycles. The molecule has 2 atom stereocenters. The summed E-state index contributed by atoms with van der Waals surface area (Å²) in [7, 11) is -4.94. The highest BCUT2D eigenvalue weighted by molar-refractivity contribution is 9.10. The second-order valence-electron chi connectivity index (χ2n) is 8.51. The number of hydrogen-bond donors (Lipinski definition) is 0. The summed E-state index contributed by atoms with van der Waals surface area (Å²) in [5.41, 5.74) is 7.01. The molecule has 0 radical (unpaired) electrons. The first-order chi connectivity index (χ1) is 16.3. The van der Waals surface area contributed by atoms with Gasteiger partial charge in [0.1, 0.15) is 0 Å². The molecular formula is C27H21BrClNO4. The van der Waals surface area contributed by atoms with E-state index >= 15 is 0 Å². The lowest BCUT2D eigenvalue weighted by molar-refractivity contribution is -2.00. The van der Waals surface area contributed by atoms with Gasteiger partial charge in [0.25, 0.3) is 0 Å². The Morgan fingerprint density at radius 1 is 0.735 bits per heavy atom. The van der Waals surface area contributed by atoms with E-state index in [0.717, 1.165) is 6.42 Å². The monoisotopic (exact) mass is 537 g/mol. The number of fused-ring (bicyclic) bond motifs is 1. The van der Waals surface area contributed by atoms with E-state index in [1.807, 2.05) is 0 Å². The Hall–Kier alpha value is -2.58. The summed E-state index contributed by atoms with van der Waals surface area (Å²) in [6, 6.07) is 35.9. The van der Waals surface area contributed by atoms with Gasteiger partial charge in [0.15, 0.2) is 17.9 Å². The van der Waals surface area contributed by atoms with Crippen LogP contribution in [0, 0.1) is 10.2 Å². The van der Waals surface area contributed by atoms with Crippen LogP contribution in [-0.4, -0.2) is 0 Å². The van der Waals surface area contributed by atoms with Crippen molar-refractivity contribution in [3.8, 4) is 0 Å². The lowest BCUT2D eigenvalue weighted by atomic mass is 9.53. The number of benzene rings is 3. The van der Waals surface area contributed by atoms with Crippen LogP contribution in [0.2, 0.25) is 0 Å². The van der Waals surface area contributed by atoms with E-state index in [2.05, 4.69) is 124 Å². The lowest BCUT2D eigenvalue weighted by Crippen LogP contribution is -2.68. The maximum absolute atomic E-state index is 8.49. The van der Waals surface area contributed by atoms with Crippen molar-refractivity contribution in [1.29, 1.82) is 0 Å². The molecule has 0 amide bonds. The molecule has 3 aliphatic rings. The summed E-state index contributed by atoms with van der Waals surface area (Å²) >= 11 is 3.92. The molecule has 172 valence electrons. The molecule has 7 rings (SSSR count). The van der Waals surface area contributed by atoms with Crippen LogP contribution < -0.4 is 23.2 Å². The Kier molecular flexibility index (Phi) is 6.06. The van der Waals surface area contributed by atoms with Crippen LogP contribution in [0.25, 0.3) is 0 Å². The zero-order chi connectivity index (χ0) is 23.9. The highest BCUT2D eigenvalue weighted by Gasteiger charge is 2.59. The number of aromatic nitrogens is 1. The van der Waals surface area contributed by atoms with Crippen molar-refractivity contribution in [2.75, 3.05) is 0 Å². The minimum absolute atomic E-state index is 0.0919. The van der Waals surface area contributed by atoms with Crippen molar-refractivity contribution in [2.24, 2.45) is 0 Å². The van der Waals surface area contributed by atoms with E-state index in [-0.39, 0.29) is 11.3 Å². The molecule has 34 heavy (non-hydrogen) atoms. The summed E-state index contributed by atoms with van der Waals surface area (Å²) in [4.78, 5) is 0. The van der Waals surface area contributed by atoms with E-state index in [0.29, 0.717) is 6.04 Å². The Balaban J connectivity index is 0.000000439. The van der Waals surface area contributed by atoms with Crippen molar-refractivity contribution >= 4 is 15.9 Å². The highest BCUT2D eigenvalue weighted by atomic mass is 79.9. The van der Waals surface area contributed by atoms with Gasteiger partial charge in [-0.2, -0.15) is 4.57 Å². The lowest BCUT2D eigenvalue weighted by Gasteiger charge is -2.50. The predicted octanol–water partition coefficient (Wildman–Crippen LogP) is 1.41. The normalized spacial score (nSPS) is 19.4. The molecule has 0 saturated carbocycles. The Morgan fingerprint density at radius 2 is 1.29 bits per heavy atom. The first-order valence-electron chi connectivity index (χ1n) is 10.8. The maximum atomic E-state index is 8.49. The maximum Gasteiger partial charge on any atom is 0.190 e. The van der Waals surface area contributed by atoms with Crippen molar-refractivity contribution in [2.45, 2.75) is 23.8 Å². The van der Waals surface area contributed by atoms with Crippen molar-refractivity contribution in [3.63, 3.8) is 0 Å². The number of halogens is 2. The smallest absolute Gasteiger partial charge is 0.190 e. The van der Waals surface area contributed by atoms with E-state index in [1.165, 1.54) is 32.4 Å². The number of hydrogen-bond acceptors (Lipinski definition) is 4. The van der Waals surface area contributed by atoms with Gasteiger partial charge in [0.05, 0.1) is 5.92 Å². The van der Waals surface area contributed by atoms with E-state index in [9.17, 15) is 0 Å². The van der Waals surface area contributed by atoms with Gasteiger partial charge >= 0.3 is 0 Å². The summed E-state index contributed by atoms with van der Waals surface area (Å²) in [6.07, 6.45) is 3.33. The van der Waals surface area contributed by atoms with Crippen LogP contribution in [-0.2, 0) is 5.41 Å². The van der Waals surface area contributed by atoms with Crippen LogP contribution in [0.3, 0.4) is 0 Å². The second kappa shape index (κ2) is 8.89. The quantitative estimate of drug-likeness (QED) is 0.361. The molecular weight excluding hydrogens is 518 g/mol. The van der Waals surface area contributed by atoms with Crippen LogP contribution >= 0.6 is 15.9 Å². The molecule has 5 nitrogen and oxygen atoms in total. The van der Waals surface area contributed by atoms with E-state index in [1.54, 1.807) is 0 Å². The molecule has 0 spiro atoms. The van der Waals surface area contributed by atoms with Crippen molar-refractivity contribution in [1.82, 2.24) is 0 Å². The minimum atomic E-state index is -4.94. The summed E-state index contributed by atoms with van der Waals surface area (Å²) in [5.74, 6) is 0.254. The van der Waals surface area contributed by atoms with E-state index in [4.69, 9.17) is 18.6 Å². The molecule has 0 N–H and O–H groups in total. The molecule has 2 aliphatic heterocycles. The third-order valence-corrected chi connectivity index (χ3v) is 7.57.